The van der Waals surface area contributed by atoms with E-state index in [0.29, 0.717) is 17.0 Å². The van der Waals surface area contributed by atoms with Gasteiger partial charge < -0.3 is 5.11 Å². The average Bonchev–Trinajstić information content (AvgIpc) is 2.75. The Balaban J connectivity index is 1.68. The van der Waals surface area contributed by atoms with Crippen LogP contribution in [0.3, 0.4) is 0 Å². The van der Waals surface area contributed by atoms with Crippen molar-refractivity contribution in [1.82, 2.24) is 9.97 Å². The van der Waals surface area contributed by atoms with Gasteiger partial charge in [0.2, 0.25) is 0 Å². The lowest BCUT2D eigenvalue weighted by atomic mass is 10.0. The van der Waals surface area contributed by atoms with Gasteiger partial charge >= 0.3 is 0 Å². The van der Waals surface area contributed by atoms with Crippen LogP contribution in [0.15, 0.2) is 73.6 Å². The smallest absolute Gasteiger partial charge is 0.159 e. The number of nitrogens with zero attached hydrogens (tertiary/aromatic N) is 2. The highest BCUT2D eigenvalue weighted by Gasteiger charge is 2.07. The first-order chi connectivity index (χ1) is 14.6. The minimum atomic E-state index is -0.301. The molecule has 1 heterocycles. The molecule has 0 amide bonds. The lowest BCUT2D eigenvalue weighted by molar-refractivity contribution is 0.182. The number of benzene rings is 2. The molecule has 3 aromatic rings. The van der Waals surface area contributed by atoms with Gasteiger partial charge in [0.1, 0.15) is 5.82 Å². The van der Waals surface area contributed by atoms with E-state index in [4.69, 9.17) is 0 Å². The van der Waals surface area contributed by atoms with Gasteiger partial charge in [-0.05, 0) is 49.8 Å². The summed E-state index contributed by atoms with van der Waals surface area (Å²) in [6.45, 7) is 5.53. The Hall–Kier alpha value is -3.11. The van der Waals surface area contributed by atoms with Crippen LogP contribution in [0.4, 0.5) is 4.39 Å². The summed E-state index contributed by atoms with van der Waals surface area (Å²) in [5.74, 6) is 0.193. The minimum absolute atomic E-state index is 0.294. The molecule has 0 spiro atoms. The van der Waals surface area contributed by atoms with E-state index >= 15 is 0 Å². The Labute approximate surface area is 177 Å². The Morgan fingerprint density at radius 3 is 2.37 bits per heavy atom. The summed E-state index contributed by atoms with van der Waals surface area (Å²) in [7, 11) is 0. The van der Waals surface area contributed by atoms with E-state index in [1.165, 1.54) is 11.6 Å². The molecule has 3 nitrogen and oxygen atoms in total. The van der Waals surface area contributed by atoms with E-state index in [9.17, 15) is 9.50 Å². The highest BCUT2D eigenvalue weighted by atomic mass is 19.1. The Morgan fingerprint density at radius 1 is 1.03 bits per heavy atom. The number of hydrogen-bond acceptors (Lipinski definition) is 3. The topological polar surface area (TPSA) is 46.0 Å². The molecular formula is C26H27FN2O. The number of allylic oxidation sites excluding steroid dienone is 2. The second-order valence-corrected chi connectivity index (χ2v) is 7.40. The Morgan fingerprint density at radius 2 is 1.73 bits per heavy atom. The van der Waals surface area contributed by atoms with Crippen molar-refractivity contribution in [3.05, 3.63) is 90.5 Å². The molecule has 0 bridgehead atoms. The molecule has 0 radical (unpaired) electrons. The summed E-state index contributed by atoms with van der Waals surface area (Å²) < 4.78 is 14.5. The SMILES string of the molecule is C=CCc1ccc(-c2cnc(-c3ccc(C=CCCCC(C)O)c(F)c3)nc2)cc1. The van der Waals surface area contributed by atoms with Gasteiger partial charge in [-0.3, -0.25) is 0 Å². The maximum absolute atomic E-state index is 14.5. The van der Waals surface area contributed by atoms with Crippen molar-refractivity contribution < 1.29 is 9.50 Å². The zero-order chi connectivity index (χ0) is 21.3. The third-order valence-corrected chi connectivity index (χ3v) is 4.87. The van der Waals surface area contributed by atoms with Crippen molar-refractivity contribution >= 4 is 6.08 Å². The van der Waals surface area contributed by atoms with Crippen LogP contribution in [0.25, 0.3) is 28.6 Å². The van der Waals surface area contributed by atoms with Crippen LogP contribution in [-0.4, -0.2) is 21.2 Å². The van der Waals surface area contributed by atoms with Crippen molar-refractivity contribution in [3.8, 4) is 22.5 Å². The first-order valence-electron chi connectivity index (χ1n) is 10.2. The van der Waals surface area contributed by atoms with Crippen LogP contribution >= 0.6 is 0 Å². The number of aromatic nitrogens is 2. The van der Waals surface area contributed by atoms with Crippen molar-refractivity contribution in [2.45, 2.75) is 38.7 Å². The second-order valence-electron chi connectivity index (χ2n) is 7.40. The Bertz CT molecular complexity index is 993. The molecule has 0 aliphatic rings. The maximum Gasteiger partial charge on any atom is 0.159 e. The van der Waals surface area contributed by atoms with Crippen molar-refractivity contribution in [3.63, 3.8) is 0 Å². The number of aliphatic hydroxyl groups excluding tert-OH is 1. The minimum Gasteiger partial charge on any atom is -0.393 e. The van der Waals surface area contributed by atoms with Gasteiger partial charge in [-0.1, -0.05) is 54.6 Å². The molecular weight excluding hydrogens is 375 g/mol. The van der Waals surface area contributed by atoms with Gasteiger partial charge in [-0.2, -0.15) is 0 Å². The predicted molar refractivity (Wildman–Crippen MR) is 121 cm³/mol. The highest BCUT2D eigenvalue weighted by Crippen LogP contribution is 2.23. The molecule has 154 valence electrons. The summed E-state index contributed by atoms with van der Waals surface area (Å²) in [5, 5.41) is 9.27. The molecule has 1 atom stereocenters. The quantitative estimate of drug-likeness (QED) is 0.340. The van der Waals surface area contributed by atoms with E-state index in [-0.39, 0.29) is 11.9 Å². The molecule has 0 aliphatic carbocycles. The van der Waals surface area contributed by atoms with E-state index in [1.54, 1.807) is 31.5 Å². The lowest BCUT2D eigenvalue weighted by Crippen LogP contribution is -1.97. The van der Waals surface area contributed by atoms with Gasteiger partial charge in [-0.15, -0.1) is 6.58 Å². The zero-order valence-corrected chi connectivity index (χ0v) is 17.3. The fraction of sp³-hybridized carbons (Fsp3) is 0.231. The molecule has 4 heteroatoms. The summed E-state index contributed by atoms with van der Waals surface area (Å²) in [4.78, 5) is 8.84. The summed E-state index contributed by atoms with van der Waals surface area (Å²) in [6, 6.07) is 13.3. The third-order valence-electron chi connectivity index (χ3n) is 4.87. The Kier molecular flexibility index (Phi) is 7.63. The molecule has 0 aliphatic heterocycles. The maximum atomic E-state index is 14.5. The van der Waals surface area contributed by atoms with Crippen LogP contribution in [-0.2, 0) is 6.42 Å². The second kappa shape index (κ2) is 10.6. The van der Waals surface area contributed by atoms with Crippen LogP contribution in [0.1, 0.15) is 37.3 Å². The van der Waals surface area contributed by atoms with E-state index in [2.05, 4.69) is 28.7 Å². The summed E-state index contributed by atoms with van der Waals surface area (Å²) in [5.41, 5.74) is 4.34. The lowest BCUT2D eigenvalue weighted by Gasteiger charge is -2.06. The molecule has 30 heavy (non-hydrogen) atoms. The van der Waals surface area contributed by atoms with E-state index < -0.39 is 0 Å². The molecule has 0 fully saturated rings. The van der Waals surface area contributed by atoms with Gasteiger partial charge in [0.25, 0.3) is 0 Å². The number of halogens is 1. The molecule has 1 N–H and O–H groups in total. The highest BCUT2D eigenvalue weighted by molar-refractivity contribution is 5.65. The number of hydrogen-bond donors (Lipinski definition) is 1. The van der Waals surface area contributed by atoms with Crippen LogP contribution < -0.4 is 0 Å². The van der Waals surface area contributed by atoms with Gasteiger partial charge in [-0.25, -0.2) is 14.4 Å². The van der Waals surface area contributed by atoms with Gasteiger partial charge in [0.15, 0.2) is 5.82 Å². The largest absolute Gasteiger partial charge is 0.393 e. The van der Waals surface area contributed by atoms with Crippen LogP contribution in [0.5, 0.6) is 0 Å². The van der Waals surface area contributed by atoms with Crippen molar-refractivity contribution in [2.24, 2.45) is 0 Å². The number of unbranched alkanes of at least 4 members (excludes halogenated alkanes) is 1. The van der Waals surface area contributed by atoms with E-state index in [1.807, 2.05) is 30.4 Å². The standard InChI is InChI=1S/C26H27FN2O/c1-3-7-20-10-12-21(13-11-20)24-17-28-26(29-18-24)23-15-14-22(25(27)16-23)9-6-4-5-8-19(2)30/h3,6,9-19,30H,1,4-5,7-8H2,2H3. The van der Waals surface area contributed by atoms with Gasteiger partial charge in [0, 0.05) is 29.1 Å². The monoisotopic (exact) mass is 402 g/mol. The summed E-state index contributed by atoms with van der Waals surface area (Å²) >= 11 is 0. The summed E-state index contributed by atoms with van der Waals surface area (Å²) in [6.07, 6.45) is 12.1. The fourth-order valence-electron chi connectivity index (χ4n) is 3.17. The predicted octanol–water partition coefficient (Wildman–Crippen LogP) is 6.24. The molecule has 1 aromatic heterocycles. The number of aliphatic hydroxyl groups is 1. The van der Waals surface area contributed by atoms with Crippen molar-refractivity contribution in [2.75, 3.05) is 0 Å². The third kappa shape index (κ3) is 5.94. The van der Waals surface area contributed by atoms with Gasteiger partial charge in [0.05, 0.1) is 6.10 Å². The molecule has 1 unspecified atom stereocenters. The molecule has 2 aromatic carbocycles. The van der Waals surface area contributed by atoms with Crippen molar-refractivity contribution in [1.29, 1.82) is 0 Å². The van der Waals surface area contributed by atoms with Crippen LogP contribution in [0.2, 0.25) is 0 Å². The fourth-order valence-corrected chi connectivity index (χ4v) is 3.17. The first kappa shape index (κ1) is 21.6. The van der Waals surface area contributed by atoms with E-state index in [0.717, 1.165) is 36.8 Å². The zero-order valence-electron chi connectivity index (χ0n) is 17.3. The number of rotatable bonds is 9. The molecule has 3 rings (SSSR count). The normalized spacial score (nSPS) is 12.2. The first-order valence-corrected chi connectivity index (χ1v) is 10.2. The average molecular weight is 403 g/mol. The molecule has 0 saturated carbocycles. The molecule has 0 saturated heterocycles. The van der Waals surface area contributed by atoms with Crippen LogP contribution in [0, 0.1) is 5.82 Å².